The van der Waals surface area contributed by atoms with E-state index in [0.717, 1.165) is 32.1 Å². The summed E-state index contributed by atoms with van der Waals surface area (Å²) in [5.41, 5.74) is 5.38. The fourth-order valence-corrected chi connectivity index (χ4v) is 10.2. The summed E-state index contributed by atoms with van der Waals surface area (Å²) >= 11 is 0. The van der Waals surface area contributed by atoms with Crippen LogP contribution in [0.3, 0.4) is 0 Å². The van der Waals surface area contributed by atoms with Crippen molar-refractivity contribution < 1.29 is 37.6 Å². The first-order valence-corrected chi connectivity index (χ1v) is 32.0. The molecule has 0 heterocycles. The summed E-state index contributed by atoms with van der Waals surface area (Å²) in [7, 11) is -4.38. The van der Waals surface area contributed by atoms with E-state index in [2.05, 4.69) is 13.8 Å². The molecule has 0 aliphatic carbocycles. The lowest BCUT2D eigenvalue weighted by atomic mass is 10.0. The number of nitrogens with two attached hydrogens (primary N) is 1. The van der Waals surface area contributed by atoms with Gasteiger partial charge in [-0.3, -0.25) is 18.6 Å². The maximum Gasteiger partial charge on any atom is 0.472 e. The van der Waals surface area contributed by atoms with Crippen molar-refractivity contribution in [1.29, 1.82) is 0 Å². The molecule has 0 saturated heterocycles. The Bertz CT molecular complexity index is 1090. The maximum atomic E-state index is 12.7. The summed E-state index contributed by atoms with van der Waals surface area (Å²) in [5, 5.41) is 0. The van der Waals surface area contributed by atoms with Gasteiger partial charge in [-0.15, -0.1) is 0 Å². The topological polar surface area (TPSA) is 134 Å². The zero-order chi connectivity index (χ0) is 50.2. The summed E-state index contributed by atoms with van der Waals surface area (Å²) in [6.45, 7) is 3.81. The first-order valence-electron chi connectivity index (χ1n) is 30.5. The second-order valence-corrected chi connectivity index (χ2v) is 22.4. The van der Waals surface area contributed by atoms with Crippen molar-refractivity contribution >= 4 is 19.8 Å². The minimum Gasteiger partial charge on any atom is -0.462 e. The molecule has 2 atom stereocenters. The normalized spacial score (nSPS) is 12.9. The number of phosphoric acid groups is 1. The molecule has 0 aliphatic heterocycles. The first kappa shape index (κ1) is 68.0. The average molecular weight is 1000 g/mol. The van der Waals surface area contributed by atoms with Crippen LogP contribution < -0.4 is 5.73 Å². The second kappa shape index (κ2) is 56.3. The number of ether oxygens (including phenoxy) is 2. The van der Waals surface area contributed by atoms with Crippen molar-refractivity contribution in [2.75, 3.05) is 26.4 Å². The van der Waals surface area contributed by atoms with Crippen LogP contribution in [-0.4, -0.2) is 49.3 Å². The van der Waals surface area contributed by atoms with Gasteiger partial charge in [-0.2, -0.15) is 0 Å². The van der Waals surface area contributed by atoms with Crippen LogP contribution in [0.2, 0.25) is 0 Å². The molecule has 0 fully saturated rings. The molecule has 412 valence electrons. The van der Waals surface area contributed by atoms with Gasteiger partial charge in [-0.25, -0.2) is 4.57 Å². The summed E-state index contributed by atoms with van der Waals surface area (Å²) in [6, 6.07) is 0. The number of phosphoric ester groups is 1. The van der Waals surface area contributed by atoms with Gasteiger partial charge in [0.15, 0.2) is 6.10 Å². The Balaban J connectivity index is 3.76. The standard InChI is InChI=1S/C59H118NO8P/c1-3-5-7-9-11-13-15-17-19-20-21-22-23-24-25-26-27-28-29-30-31-32-33-34-35-36-37-38-40-42-44-46-48-50-52-59(62)68-57(56-67-69(63,64)66-54-53-60)55-65-58(61)51-49-47-45-43-41-39-18-16-14-12-10-8-6-4-2/h57H,3-56,60H2,1-2H3,(H,63,64). The largest absolute Gasteiger partial charge is 0.472 e. The van der Waals surface area contributed by atoms with E-state index in [0.29, 0.717) is 6.42 Å². The summed E-state index contributed by atoms with van der Waals surface area (Å²) in [4.78, 5) is 35.1. The lowest BCUT2D eigenvalue weighted by Crippen LogP contribution is -2.29. The van der Waals surface area contributed by atoms with Gasteiger partial charge in [-0.05, 0) is 12.8 Å². The Hall–Kier alpha value is -0.990. The number of esters is 2. The average Bonchev–Trinajstić information content (AvgIpc) is 3.34. The highest BCUT2D eigenvalue weighted by atomic mass is 31.2. The number of carbonyl (C=O) groups excluding carboxylic acids is 2. The molecular formula is C59H118NO8P. The van der Waals surface area contributed by atoms with E-state index in [9.17, 15) is 19.0 Å². The molecule has 0 aromatic rings. The molecule has 3 N–H and O–H groups in total. The van der Waals surface area contributed by atoms with Crippen LogP contribution in [0.5, 0.6) is 0 Å². The van der Waals surface area contributed by atoms with Crippen molar-refractivity contribution in [3.63, 3.8) is 0 Å². The van der Waals surface area contributed by atoms with Crippen LogP contribution in [0.4, 0.5) is 0 Å². The molecule has 69 heavy (non-hydrogen) atoms. The van der Waals surface area contributed by atoms with Gasteiger partial charge in [0, 0.05) is 19.4 Å². The van der Waals surface area contributed by atoms with Crippen LogP contribution in [0.15, 0.2) is 0 Å². The second-order valence-electron chi connectivity index (χ2n) is 20.9. The Kier molecular flexibility index (Phi) is 55.5. The predicted octanol–water partition coefficient (Wildman–Crippen LogP) is 19.1. The van der Waals surface area contributed by atoms with Crippen molar-refractivity contribution in [2.45, 2.75) is 341 Å². The number of unbranched alkanes of at least 4 members (excludes halogenated alkanes) is 46. The van der Waals surface area contributed by atoms with Crippen LogP contribution >= 0.6 is 7.82 Å². The van der Waals surface area contributed by atoms with Crippen molar-refractivity contribution in [3.8, 4) is 0 Å². The van der Waals surface area contributed by atoms with Crippen molar-refractivity contribution in [1.82, 2.24) is 0 Å². The molecule has 2 unspecified atom stereocenters. The molecule has 0 radical (unpaired) electrons. The summed E-state index contributed by atoms with van der Waals surface area (Å²) < 4.78 is 33.0. The lowest BCUT2D eigenvalue weighted by Gasteiger charge is -2.19. The van der Waals surface area contributed by atoms with E-state index >= 15 is 0 Å². The summed E-state index contributed by atoms with van der Waals surface area (Å²) in [6.07, 6.45) is 63.4. The smallest absolute Gasteiger partial charge is 0.462 e. The molecule has 0 aromatic heterocycles. The van der Waals surface area contributed by atoms with Crippen LogP contribution in [0.1, 0.15) is 335 Å². The third-order valence-corrected chi connectivity index (χ3v) is 15.0. The molecule has 0 spiro atoms. The van der Waals surface area contributed by atoms with Crippen LogP contribution in [0.25, 0.3) is 0 Å². The first-order chi connectivity index (χ1) is 33.8. The molecule has 0 saturated carbocycles. The van der Waals surface area contributed by atoms with E-state index in [-0.39, 0.29) is 38.6 Å². The highest BCUT2D eigenvalue weighted by molar-refractivity contribution is 7.47. The number of hydrogen-bond acceptors (Lipinski definition) is 8. The van der Waals surface area contributed by atoms with Gasteiger partial charge >= 0.3 is 19.8 Å². The Morgan fingerprint density at radius 2 is 0.623 bits per heavy atom. The van der Waals surface area contributed by atoms with E-state index in [1.807, 2.05) is 0 Å². The van der Waals surface area contributed by atoms with Gasteiger partial charge in [0.2, 0.25) is 0 Å². The maximum absolute atomic E-state index is 12.7. The molecule has 0 aliphatic rings. The molecule has 9 nitrogen and oxygen atoms in total. The molecular weight excluding hydrogens is 882 g/mol. The molecule has 0 bridgehead atoms. The fourth-order valence-electron chi connectivity index (χ4n) is 9.46. The van der Waals surface area contributed by atoms with E-state index < -0.39 is 26.5 Å². The predicted molar refractivity (Wildman–Crippen MR) is 294 cm³/mol. The fraction of sp³-hybridized carbons (Fsp3) is 0.966. The molecule has 0 amide bonds. The summed E-state index contributed by atoms with van der Waals surface area (Å²) in [5.74, 6) is -0.804. The SMILES string of the molecule is CCCCCCCCCCCCCCCCCCCCCCCCCCCCCCCCCCCCC(=O)OC(COC(=O)CCCCCCCCCCCCCCCC)COP(=O)(O)OCCN. The highest BCUT2D eigenvalue weighted by Gasteiger charge is 2.26. The van der Waals surface area contributed by atoms with Gasteiger partial charge in [0.1, 0.15) is 6.61 Å². The van der Waals surface area contributed by atoms with Gasteiger partial charge < -0.3 is 20.1 Å². The number of rotatable bonds is 59. The Morgan fingerprint density at radius 1 is 0.377 bits per heavy atom. The van der Waals surface area contributed by atoms with Crippen molar-refractivity contribution in [3.05, 3.63) is 0 Å². The van der Waals surface area contributed by atoms with E-state index in [4.69, 9.17) is 24.3 Å². The Labute approximate surface area is 428 Å². The highest BCUT2D eigenvalue weighted by Crippen LogP contribution is 2.43. The molecule has 0 rings (SSSR count). The quantitative estimate of drug-likeness (QED) is 0.0347. The van der Waals surface area contributed by atoms with Gasteiger partial charge in [-0.1, -0.05) is 309 Å². The molecule has 0 aromatic carbocycles. The minimum atomic E-state index is -4.38. The van der Waals surface area contributed by atoms with Crippen LogP contribution in [-0.2, 0) is 32.7 Å². The zero-order valence-electron chi connectivity index (χ0n) is 46.1. The molecule has 10 heteroatoms. The van der Waals surface area contributed by atoms with E-state index in [1.54, 1.807) is 0 Å². The number of hydrogen-bond donors (Lipinski definition) is 2. The lowest BCUT2D eigenvalue weighted by molar-refractivity contribution is -0.161. The minimum absolute atomic E-state index is 0.0585. The van der Waals surface area contributed by atoms with Crippen LogP contribution in [0, 0.1) is 0 Å². The Morgan fingerprint density at radius 3 is 0.884 bits per heavy atom. The van der Waals surface area contributed by atoms with Gasteiger partial charge in [0.05, 0.1) is 13.2 Å². The third-order valence-electron chi connectivity index (χ3n) is 14.0. The van der Waals surface area contributed by atoms with Gasteiger partial charge in [0.25, 0.3) is 0 Å². The third kappa shape index (κ3) is 56.2. The monoisotopic (exact) mass is 1000 g/mol. The number of carbonyl (C=O) groups is 2. The zero-order valence-corrected chi connectivity index (χ0v) is 47.0. The van der Waals surface area contributed by atoms with E-state index in [1.165, 1.54) is 270 Å². The van der Waals surface area contributed by atoms with Crippen molar-refractivity contribution in [2.24, 2.45) is 5.73 Å².